The lowest BCUT2D eigenvalue weighted by Gasteiger charge is -2.64. The van der Waals surface area contributed by atoms with Crippen molar-refractivity contribution < 1.29 is 43.5 Å². The molecule has 1 aromatic heterocycles. The first-order chi connectivity index (χ1) is 28.2. The number of likely N-dealkylation sites (N-methyl/N-ethyl adjacent to an activating group) is 1. The number of H-pyrrole nitrogens is 1. The maximum absolute atomic E-state index is 14.8. The van der Waals surface area contributed by atoms with Crippen LogP contribution in [0.25, 0.3) is 10.9 Å². The van der Waals surface area contributed by atoms with Gasteiger partial charge in [-0.25, -0.2) is 4.79 Å². The Balaban J connectivity index is 1.36. The predicted octanol–water partition coefficient (Wildman–Crippen LogP) is 4.56. The molecule has 6 aliphatic rings. The molecule has 9 rings (SSSR count). The average Bonchev–Trinajstić information content (AvgIpc) is 3.89. The number of esters is 2. The number of carbonyl (C=O) groups excluding carboxylic acids is 2. The van der Waals surface area contributed by atoms with Gasteiger partial charge in [-0.3, -0.25) is 19.4 Å². The van der Waals surface area contributed by atoms with Crippen molar-refractivity contribution in [2.45, 2.75) is 99.5 Å². The number of piperidine rings is 1. The number of nitrogens with one attached hydrogen (secondary N) is 1. The maximum atomic E-state index is 14.8. The number of carbonyl (C=O) groups is 3. The van der Waals surface area contributed by atoms with Gasteiger partial charge in [0, 0.05) is 98.0 Å². The summed E-state index contributed by atoms with van der Waals surface area (Å²) < 4.78 is 24.9. The zero-order chi connectivity index (χ0) is 41.9. The van der Waals surface area contributed by atoms with Gasteiger partial charge >= 0.3 is 17.9 Å². The van der Waals surface area contributed by atoms with Gasteiger partial charge in [0.1, 0.15) is 11.2 Å². The van der Waals surface area contributed by atoms with Crippen LogP contribution in [-0.2, 0) is 45.8 Å². The molecular formula is C46H58N4O9. The van der Waals surface area contributed by atoms with Gasteiger partial charge in [-0.1, -0.05) is 44.2 Å². The van der Waals surface area contributed by atoms with Crippen LogP contribution in [0.4, 0.5) is 5.69 Å². The number of rotatable bonds is 8. The van der Waals surface area contributed by atoms with Gasteiger partial charge in [-0.05, 0) is 74.2 Å². The summed E-state index contributed by atoms with van der Waals surface area (Å²) >= 11 is 0. The quantitative estimate of drug-likeness (QED) is 0.216. The zero-order valence-corrected chi connectivity index (χ0v) is 35.3. The van der Waals surface area contributed by atoms with E-state index in [2.05, 4.69) is 50.9 Å². The summed E-state index contributed by atoms with van der Waals surface area (Å²) in [5.74, 6) is -1.92. The summed E-state index contributed by atoms with van der Waals surface area (Å²) in [6.45, 7) is 8.67. The Bertz CT molecular complexity index is 2260. The van der Waals surface area contributed by atoms with E-state index >= 15 is 0 Å². The largest absolute Gasteiger partial charge is 0.496 e. The van der Waals surface area contributed by atoms with Crippen molar-refractivity contribution in [3.05, 3.63) is 70.9 Å². The molecule has 1 spiro atoms. The Morgan fingerprint density at radius 2 is 1.78 bits per heavy atom. The molecular weight excluding hydrogens is 753 g/mol. The van der Waals surface area contributed by atoms with Gasteiger partial charge in [0.05, 0.1) is 25.9 Å². The van der Waals surface area contributed by atoms with Crippen LogP contribution < -0.4 is 9.64 Å². The highest BCUT2D eigenvalue weighted by atomic mass is 16.6. The molecule has 1 saturated carbocycles. The molecule has 10 atom stereocenters. The minimum absolute atomic E-state index is 0.161. The molecule has 13 nitrogen and oxygen atoms in total. The van der Waals surface area contributed by atoms with E-state index in [9.17, 15) is 24.6 Å². The Labute approximate surface area is 345 Å². The number of anilines is 1. The number of para-hydroxylation sites is 1. The van der Waals surface area contributed by atoms with Crippen LogP contribution in [0.5, 0.6) is 5.75 Å². The molecule has 3 fully saturated rings. The fourth-order valence-electron chi connectivity index (χ4n) is 13.6. The van der Waals surface area contributed by atoms with E-state index in [-0.39, 0.29) is 18.4 Å². The minimum atomic E-state index is -1.78. The van der Waals surface area contributed by atoms with Crippen LogP contribution in [0.1, 0.15) is 75.3 Å². The van der Waals surface area contributed by atoms with Gasteiger partial charge in [0.15, 0.2) is 6.10 Å². The number of hydrogen-bond donors (Lipinski definition) is 3. The third kappa shape index (κ3) is 5.13. The number of carboxylic acids is 1. The molecule has 0 amide bonds. The first-order valence-electron chi connectivity index (χ1n) is 21.2. The minimum Gasteiger partial charge on any atom is -0.496 e. The normalized spacial score (nSPS) is 37.0. The van der Waals surface area contributed by atoms with Gasteiger partial charge in [0.25, 0.3) is 0 Å². The smallest absolute Gasteiger partial charge is 0.344 e. The number of nitrogens with zero attached hydrogens (tertiary/aromatic N) is 3. The number of hydrogen-bond acceptors (Lipinski definition) is 11. The lowest BCUT2D eigenvalue weighted by molar-refractivity contribution is -0.235. The second-order valence-corrected chi connectivity index (χ2v) is 18.2. The maximum Gasteiger partial charge on any atom is 0.344 e. The predicted molar refractivity (Wildman–Crippen MR) is 221 cm³/mol. The number of benzene rings is 2. The van der Waals surface area contributed by atoms with Gasteiger partial charge in [-0.2, -0.15) is 0 Å². The van der Waals surface area contributed by atoms with Crippen LogP contribution in [0.2, 0.25) is 0 Å². The number of fused-ring (bicyclic) bond motifs is 6. The highest BCUT2D eigenvalue weighted by Crippen LogP contribution is 2.69. The molecule has 2 bridgehead atoms. The summed E-state index contributed by atoms with van der Waals surface area (Å²) in [5, 5.41) is 25.0. The lowest BCUT2D eigenvalue weighted by Crippen LogP contribution is -2.81. The summed E-state index contributed by atoms with van der Waals surface area (Å²) in [7, 11) is 6.34. The fraction of sp³-hybridized carbons (Fsp3) is 0.587. The molecule has 3 N–H and O–H groups in total. The van der Waals surface area contributed by atoms with Gasteiger partial charge in [0.2, 0.25) is 5.60 Å². The molecule has 3 aromatic rings. The summed E-state index contributed by atoms with van der Waals surface area (Å²) in [6, 6.07) is 11.1. The Kier molecular flexibility index (Phi) is 9.36. The molecule has 13 heteroatoms. The molecule has 5 aliphatic heterocycles. The average molecular weight is 811 g/mol. The van der Waals surface area contributed by atoms with Crippen molar-refractivity contribution >= 4 is 34.5 Å². The second kappa shape index (κ2) is 13.8. The van der Waals surface area contributed by atoms with Gasteiger partial charge < -0.3 is 39.0 Å². The van der Waals surface area contributed by atoms with Crippen LogP contribution in [-0.4, -0.2) is 133 Å². The van der Waals surface area contributed by atoms with E-state index in [4.69, 9.17) is 18.9 Å². The van der Waals surface area contributed by atoms with Gasteiger partial charge in [-0.15, -0.1) is 0 Å². The summed E-state index contributed by atoms with van der Waals surface area (Å²) in [5.41, 5.74) is -1.40. The van der Waals surface area contributed by atoms with Crippen LogP contribution in [0, 0.1) is 11.3 Å². The molecule has 316 valence electrons. The van der Waals surface area contributed by atoms with Crippen molar-refractivity contribution in [3.8, 4) is 5.75 Å². The van der Waals surface area contributed by atoms with E-state index in [1.807, 2.05) is 38.2 Å². The van der Waals surface area contributed by atoms with Crippen LogP contribution in [0.3, 0.4) is 0 Å². The lowest BCUT2D eigenvalue weighted by atomic mass is 9.47. The topological polar surface area (TPSA) is 154 Å². The molecule has 2 saturated heterocycles. The third-order valence-electron chi connectivity index (χ3n) is 15.7. The molecule has 1 unspecified atom stereocenters. The number of aliphatic hydroxyl groups is 1. The SMILES string of the molecule is CC[C@]1(O)C[C@H]2CN(CCc3c([nH]c4ccccc34)[C@@](C(=O)O)(c3cc4c(cc3OC)N(C)[C@H]3[C@@](OC)(C(=O)OC)[C@H](OC(C)=O)[C@]5(CC)C=CCN6CC[C@]43[C@@H]65)C2)C1. The second-order valence-electron chi connectivity index (χ2n) is 18.2. The van der Waals surface area contributed by atoms with Crippen molar-refractivity contribution in [2.75, 3.05) is 66.0 Å². The Morgan fingerprint density at radius 3 is 2.46 bits per heavy atom. The van der Waals surface area contributed by atoms with Crippen LogP contribution >= 0.6 is 0 Å². The highest BCUT2D eigenvalue weighted by Gasteiger charge is 2.81. The van der Waals surface area contributed by atoms with Crippen molar-refractivity contribution in [2.24, 2.45) is 11.3 Å². The van der Waals surface area contributed by atoms with Crippen molar-refractivity contribution in [1.29, 1.82) is 0 Å². The number of carboxylic acid groups (broad SMARTS) is 1. The van der Waals surface area contributed by atoms with Crippen molar-refractivity contribution in [3.63, 3.8) is 0 Å². The number of methoxy groups -OCH3 is 3. The molecule has 6 heterocycles. The monoisotopic (exact) mass is 810 g/mol. The number of aromatic amines is 1. The molecule has 2 aromatic carbocycles. The van der Waals surface area contributed by atoms with E-state index in [1.54, 1.807) is 7.11 Å². The summed E-state index contributed by atoms with van der Waals surface area (Å²) in [6.07, 6.45) is 6.19. The number of aliphatic carboxylic acids is 1. The summed E-state index contributed by atoms with van der Waals surface area (Å²) in [4.78, 5) is 53.1. The molecule has 59 heavy (non-hydrogen) atoms. The molecule has 1 aliphatic carbocycles. The van der Waals surface area contributed by atoms with E-state index in [1.165, 1.54) is 21.1 Å². The standard InChI is InChI=1S/C46H58N4O9/c1-8-42(55)23-28-24-45(40(52)53,36-30(15-19-49(25-28)26-42)29-13-10-11-14-33(29)47-36)32-21-31-34(22-35(32)56-5)48(4)38-44(31)17-20-50-18-12-16-43(9-2,37(44)50)39(59-27(3)51)46(38,58-7)41(54)57-6/h10-14,16,21-22,28,37-39,47,55H,8-9,15,17-20,23-26H2,1-7H3,(H,52,53)/t28-,37+,38-,39-,42+,43-,44-,45+,46+/m1/s1. The zero-order valence-electron chi connectivity index (χ0n) is 35.3. The van der Waals surface area contributed by atoms with E-state index in [0.717, 1.165) is 27.7 Å². The Morgan fingerprint density at radius 1 is 1.00 bits per heavy atom. The van der Waals surface area contributed by atoms with E-state index < -0.39 is 57.5 Å². The Hall–Kier alpha value is -4.43. The molecule has 0 radical (unpaired) electrons. The third-order valence-corrected chi connectivity index (χ3v) is 15.7. The first-order valence-corrected chi connectivity index (χ1v) is 21.2. The van der Waals surface area contributed by atoms with Crippen LogP contribution in [0.15, 0.2) is 48.6 Å². The fourth-order valence-corrected chi connectivity index (χ4v) is 13.6. The first kappa shape index (κ1) is 40.0. The number of ether oxygens (including phenoxy) is 4. The highest BCUT2D eigenvalue weighted by molar-refractivity contribution is 5.94. The number of aromatic nitrogens is 1. The van der Waals surface area contributed by atoms with E-state index in [0.29, 0.717) is 81.8 Å². The van der Waals surface area contributed by atoms with Crippen molar-refractivity contribution in [1.82, 2.24) is 14.8 Å².